The monoisotopic (exact) mass is 258 g/mol. The lowest BCUT2D eigenvalue weighted by Gasteiger charge is -2.11. The Bertz CT molecular complexity index is 565. The van der Waals surface area contributed by atoms with E-state index in [1.807, 2.05) is 6.92 Å². The number of sulfonamides is 1. The number of rotatable bonds is 4. The van der Waals surface area contributed by atoms with E-state index in [9.17, 15) is 13.2 Å². The van der Waals surface area contributed by atoms with Gasteiger partial charge in [0.05, 0.1) is 4.75 Å². The van der Waals surface area contributed by atoms with Crippen LogP contribution < -0.4 is 10.5 Å². The highest BCUT2D eigenvalue weighted by Crippen LogP contribution is 2.49. The van der Waals surface area contributed by atoms with Gasteiger partial charge in [-0.1, -0.05) is 6.92 Å². The Morgan fingerprint density at radius 2 is 2.29 bits per heavy atom. The predicted octanol–water partition coefficient (Wildman–Crippen LogP) is 0.0488. The first-order valence-electron chi connectivity index (χ1n) is 5.14. The van der Waals surface area contributed by atoms with Gasteiger partial charge in [0.1, 0.15) is 5.69 Å². The van der Waals surface area contributed by atoms with Crippen LogP contribution in [-0.2, 0) is 10.0 Å². The number of nitrogens with one attached hydrogen (secondary N) is 2. The number of H-pyrrole nitrogens is 1. The first kappa shape index (κ1) is 11.9. The lowest BCUT2D eigenvalue weighted by Crippen LogP contribution is -2.28. The number of aromatic nitrogens is 2. The number of carbonyl (C=O) groups excluding carboxylic acids is 1. The van der Waals surface area contributed by atoms with Crippen LogP contribution in [0.1, 0.15) is 30.8 Å². The van der Waals surface area contributed by atoms with Gasteiger partial charge in [-0.15, -0.1) is 0 Å². The molecule has 0 saturated heterocycles. The van der Waals surface area contributed by atoms with Crippen LogP contribution in [0.2, 0.25) is 0 Å². The normalized spacial score (nSPS) is 27.8. The molecule has 1 saturated carbocycles. The molecule has 8 heteroatoms. The highest BCUT2D eigenvalue weighted by molar-refractivity contribution is 7.94. The summed E-state index contributed by atoms with van der Waals surface area (Å²) in [5.74, 6) is -0.484. The largest absolute Gasteiger partial charge is 0.364 e. The molecule has 1 aromatic rings. The van der Waals surface area contributed by atoms with Crippen LogP contribution in [0.15, 0.2) is 6.07 Å². The van der Waals surface area contributed by atoms with E-state index in [1.54, 1.807) is 6.92 Å². The number of hydrogen-bond donors (Lipinski definition) is 3. The third kappa shape index (κ3) is 1.88. The Labute approximate surface area is 98.8 Å². The molecular weight excluding hydrogens is 244 g/mol. The number of primary amides is 1. The molecule has 2 atom stereocenters. The van der Waals surface area contributed by atoms with Crippen LogP contribution in [0.3, 0.4) is 0 Å². The van der Waals surface area contributed by atoms with Crippen LogP contribution in [0.25, 0.3) is 0 Å². The van der Waals surface area contributed by atoms with E-state index < -0.39 is 20.7 Å². The predicted molar refractivity (Wildman–Crippen MR) is 61.8 cm³/mol. The van der Waals surface area contributed by atoms with Gasteiger partial charge in [-0.3, -0.25) is 14.6 Å². The molecule has 0 aliphatic heterocycles. The summed E-state index contributed by atoms with van der Waals surface area (Å²) in [4.78, 5) is 10.8. The maximum absolute atomic E-state index is 12.0. The zero-order valence-corrected chi connectivity index (χ0v) is 10.3. The summed E-state index contributed by atoms with van der Waals surface area (Å²) in [6, 6.07) is 1.27. The quantitative estimate of drug-likeness (QED) is 0.707. The Kier molecular flexibility index (Phi) is 2.42. The van der Waals surface area contributed by atoms with E-state index in [1.165, 1.54) is 6.07 Å². The molecule has 0 radical (unpaired) electrons. The molecule has 1 heterocycles. The second-order valence-corrected chi connectivity index (χ2v) is 6.70. The number of hydrogen-bond acceptors (Lipinski definition) is 4. The van der Waals surface area contributed by atoms with Gasteiger partial charge in [-0.05, 0) is 19.3 Å². The molecule has 7 nitrogen and oxygen atoms in total. The second-order valence-electron chi connectivity index (χ2n) is 4.55. The summed E-state index contributed by atoms with van der Waals surface area (Å²) >= 11 is 0. The van der Waals surface area contributed by atoms with Crippen molar-refractivity contribution in [3.8, 4) is 0 Å². The lowest BCUT2D eigenvalue weighted by molar-refractivity contribution is 0.0995. The van der Waals surface area contributed by atoms with E-state index >= 15 is 0 Å². The molecule has 0 unspecified atom stereocenters. The Hall–Kier alpha value is -1.57. The van der Waals surface area contributed by atoms with Crippen molar-refractivity contribution >= 4 is 21.7 Å². The van der Waals surface area contributed by atoms with Gasteiger partial charge < -0.3 is 5.73 Å². The molecule has 1 aliphatic carbocycles. The smallest absolute Gasteiger partial charge is 0.266 e. The number of carbonyl (C=O) groups is 1. The summed E-state index contributed by atoms with van der Waals surface area (Å²) in [7, 11) is -3.49. The zero-order chi connectivity index (χ0) is 12.8. The van der Waals surface area contributed by atoms with Crippen LogP contribution in [0, 0.1) is 5.92 Å². The Morgan fingerprint density at radius 1 is 1.71 bits per heavy atom. The first-order chi connectivity index (χ1) is 7.76. The topological polar surface area (TPSA) is 118 Å². The van der Waals surface area contributed by atoms with Crippen LogP contribution in [0.5, 0.6) is 0 Å². The zero-order valence-electron chi connectivity index (χ0n) is 9.52. The second kappa shape index (κ2) is 3.46. The average Bonchev–Trinajstić information content (AvgIpc) is 2.64. The maximum Gasteiger partial charge on any atom is 0.266 e. The summed E-state index contributed by atoms with van der Waals surface area (Å²) in [5.41, 5.74) is 5.09. The highest BCUT2D eigenvalue weighted by Gasteiger charge is 2.57. The number of nitrogens with zero attached hydrogens (tertiary/aromatic N) is 1. The van der Waals surface area contributed by atoms with Gasteiger partial charge >= 0.3 is 0 Å². The third-order valence-electron chi connectivity index (χ3n) is 3.29. The summed E-state index contributed by atoms with van der Waals surface area (Å²) < 4.78 is 25.6. The first-order valence-corrected chi connectivity index (χ1v) is 6.62. The molecule has 94 valence electrons. The molecule has 2 rings (SSSR count). The minimum absolute atomic E-state index is 0.0664. The fraction of sp³-hybridized carbons (Fsp3) is 0.556. The van der Waals surface area contributed by atoms with Crippen molar-refractivity contribution in [1.82, 2.24) is 10.2 Å². The molecule has 1 amide bonds. The molecule has 4 N–H and O–H groups in total. The fourth-order valence-electron chi connectivity index (χ4n) is 1.68. The maximum atomic E-state index is 12.0. The Balaban J connectivity index is 2.18. The minimum Gasteiger partial charge on any atom is -0.364 e. The molecule has 1 aromatic heterocycles. The van der Waals surface area contributed by atoms with Gasteiger partial charge in [0.25, 0.3) is 5.91 Å². The van der Waals surface area contributed by atoms with E-state index in [0.29, 0.717) is 6.42 Å². The Morgan fingerprint density at radius 3 is 2.71 bits per heavy atom. The molecule has 1 aliphatic rings. The van der Waals surface area contributed by atoms with Gasteiger partial charge in [0.2, 0.25) is 10.0 Å². The van der Waals surface area contributed by atoms with Crippen molar-refractivity contribution in [3.63, 3.8) is 0 Å². The lowest BCUT2D eigenvalue weighted by atomic mass is 10.4. The minimum atomic E-state index is -3.49. The average molecular weight is 258 g/mol. The van der Waals surface area contributed by atoms with Gasteiger partial charge in [-0.2, -0.15) is 5.10 Å². The van der Waals surface area contributed by atoms with Crippen LogP contribution in [-0.4, -0.2) is 29.3 Å². The molecule has 0 aromatic carbocycles. The standard InChI is InChI=1S/C9H14N4O3S/c1-5-4-9(5,2)17(15,16)13-7-3-6(8(10)14)11-12-7/h3,5H,4H2,1-2H3,(H2,10,14)(H2,11,12,13)/t5-,9-/m1/s1. The van der Waals surface area contributed by atoms with Gasteiger partial charge in [0.15, 0.2) is 5.82 Å². The van der Waals surface area contributed by atoms with Crippen molar-refractivity contribution in [1.29, 1.82) is 0 Å². The van der Waals surface area contributed by atoms with Gasteiger partial charge in [-0.25, -0.2) is 8.42 Å². The fourth-order valence-corrected chi connectivity index (χ4v) is 3.29. The van der Waals surface area contributed by atoms with Crippen molar-refractivity contribution in [2.24, 2.45) is 11.7 Å². The van der Waals surface area contributed by atoms with E-state index in [0.717, 1.165) is 0 Å². The highest BCUT2D eigenvalue weighted by atomic mass is 32.2. The summed E-state index contributed by atoms with van der Waals surface area (Å²) in [5, 5.41) is 6.03. The van der Waals surface area contributed by atoms with E-state index in [2.05, 4.69) is 14.9 Å². The van der Waals surface area contributed by atoms with Crippen molar-refractivity contribution < 1.29 is 13.2 Å². The summed E-state index contributed by atoms with van der Waals surface area (Å²) in [6.07, 6.45) is 0.620. The third-order valence-corrected chi connectivity index (χ3v) is 5.56. The van der Waals surface area contributed by atoms with E-state index in [4.69, 9.17) is 5.73 Å². The van der Waals surface area contributed by atoms with Gasteiger partial charge in [0, 0.05) is 6.07 Å². The number of aromatic amines is 1. The van der Waals surface area contributed by atoms with Crippen molar-refractivity contribution in [2.45, 2.75) is 25.0 Å². The number of amides is 1. The van der Waals surface area contributed by atoms with Crippen molar-refractivity contribution in [2.75, 3.05) is 4.72 Å². The molecule has 0 spiro atoms. The molecular formula is C9H14N4O3S. The van der Waals surface area contributed by atoms with Crippen molar-refractivity contribution in [3.05, 3.63) is 11.8 Å². The molecule has 17 heavy (non-hydrogen) atoms. The SMILES string of the molecule is C[C@@H]1C[C@@]1(C)S(=O)(=O)Nc1cc(C(N)=O)[nH]n1. The van der Waals surface area contributed by atoms with Crippen LogP contribution >= 0.6 is 0 Å². The van der Waals surface area contributed by atoms with E-state index in [-0.39, 0.29) is 17.4 Å². The number of nitrogens with two attached hydrogens (primary N) is 1. The number of anilines is 1. The molecule has 1 fully saturated rings. The van der Waals surface area contributed by atoms with Crippen LogP contribution in [0.4, 0.5) is 5.82 Å². The summed E-state index contributed by atoms with van der Waals surface area (Å²) in [6.45, 7) is 3.56. The molecule has 0 bridgehead atoms.